The van der Waals surface area contributed by atoms with Gasteiger partial charge in [0.05, 0.1) is 23.0 Å². The summed E-state index contributed by atoms with van der Waals surface area (Å²) in [6.07, 6.45) is 7.46. The van der Waals surface area contributed by atoms with Crippen molar-refractivity contribution in [2.24, 2.45) is 12.0 Å². The van der Waals surface area contributed by atoms with Crippen LogP contribution in [0.4, 0.5) is 11.4 Å². The van der Waals surface area contributed by atoms with E-state index >= 15 is 0 Å². The average Bonchev–Trinajstić information content (AvgIpc) is 3.51. The fraction of sp³-hybridized carbons (Fsp3) is 0.0968. The van der Waals surface area contributed by atoms with Gasteiger partial charge < -0.3 is 25.4 Å². The highest BCUT2D eigenvalue weighted by Crippen LogP contribution is 2.38. The lowest BCUT2D eigenvalue weighted by atomic mass is 10.1. The molecule has 0 saturated heterocycles. The number of anilines is 2. The highest BCUT2D eigenvalue weighted by atomic mass is 127. The van der Waals surface area contributed by atoms with E-state index in [4.69, 9.17) is 4.99 Å². The number of amides is 2. The Morgan fingerprint density at radius 2 is 1.79 bits per heavy atom. The molecule has 1 aliphatic heterocycles. The summed E-state index contributed by atoms with van der Waals surface area (Å²) in [5, 5.41) is 29.1. The number of carbonyl (C=O) groups excluding carboxylic acids is 2. The Bertz CT molecular complexity index is 1890. The zero-order chi connectivity index (χ0) is 29.5. The molecule has 0 saturated carbocycles. The zero-order valence-electron chi connectivity index (χ0n) is 22.1. The third kappa shape index (κ3) is 4.97. The summed E-state index contributed by atoms with van der Waals surface area (Å²) in [6, 6.07) is 17.1. The molecule has 2 atom stereocenters. The SMILES string of the molecule is Cn1c(-c2cccc(NC(=O)C(=O)Nc3ccccc3C3N=C4C=CC=CC4N3)c2)c(I)c2cc(C(=O)O)c(O)cc21. The Hall–Kier alpha value is -4.75. The van der Waals surface area contributed by atoms with Crippen molar-refractivity contribution in [3.63, 3.8) is 0 Å². The number of carboxylic acids is 1. The van der Waals surface area contributed by atoms with Crippen LogP contribution in [0.2, 0.25) is 0 Å². The van der Waals surface area contributed by atoms with Gasteiger partial charge in [0.15, 0.2) is 0 Å². The van der Waals surface area contributed by atoms with Crippen LogP contribution in [0, 0.1) is 3.57 Å². The van der Waals surface area contributed by atoms with E-state index in [1.165, 1.54) is 12.1 Å². The second-order valence-electron chi connectivity index (χ2n) is 9.83. The van der Waals surface area contributed by atoms with Crippen molar-refractivity contribution in [1.82, 2.24) is 9.88 Å². The summed E-state index contributed by atoms with van der Waals surface area (Å²) >= 11 is 2.14. The Kier molecular flexibility index (Phi) is 7.12. The molecule has 2 heterocycles. The molecule has 0 radical (unpaired) electrons. The minimum atomic E-state index is -1.22. The number of nitrogens with zero attached hydrogens (tertiary/aromatic N) is 2. The van der Waals surface area contributed by atoms with E-state index in [1.54, 1.807) is 37.4 Å². The highest BCUT2D eigenvalue weighted by Gasteiger charge is 2.28. The molecule has 0 bridgehead atoms. The Morgan fingerprint density at radius 3 is 2.57 bits per heavy atom. The zero-order valence-corrected chi connectivity index (χ0v) is 24.3. The minimum absolute atomic E-state index is 0.00544. The first kappa shape index (κ1) is 27.4. The van der Waals surface area contributed by atoms with E-state index in [-0.39, 0.29) is 23.5 Å². The van der Waals surface area contributed by atoms with Crippen LogP contribution in [0.15, 0.2) is 90.0 Å². The number of benzene rings is 3. The van der Waals surface area contributed by atoms with Crippen LogP contribution < -0.4 is 16.0 Å². The molecule has 4 aromatic rings. The molecule has 42 heavy (non-hydrogen) atoms. The number of aliphatic imine (C=N–C) groups is 1. The van der Waals surface area contributed by atoms with Gasteiger partial charge in [-0.25, -0.2) is 4.79 Å². The van der Waals surface area contributed by atoms with Gasteiger partial charge >= 0.3 is 17.8 Å². The number of hydrogen-bond acceptors (Lipinski definition) is 6. The molecule has 5 N–H and O–H groups in total. The number of para-hydroxylation sites is 1. The molecule has 2 unspecified atom stereocenters. The first-order valence-corrected chi connectivity index (χ1v) is 14.0. The molecule has 0 spiro atoms. The van der Waals surface area contributed by atoms with E-state index in [0.29, 0.717) is 22.3 Å². The van der Waals surface area contributed by atoms with Crippen molar-refractivity contribution in [3.05, 3.63) is 99.7 Å². The van der Waals surface area contributed by atoms with Gasteiger partial charge in [0.25, 0.3) is 0 Å². The molecule has 6 rings (SSSR count). The quantitative estimate of drug-likeness (QED) is 0.150. The maximum atomic E-state index is 13.0. The van der Waals surface area contributed by atoms with Crippen LogP contribution in [-0.4, -0.2) is 44.3 Å². The predicted molar refractivity (Wildman–Crippen MR) is 169 cm³/mol. The number of halogens is 1. The first-order chi connectivity index (χ1) is 20.2. The van der Waals surface area contributed by atoms with Gasteiger partial charge in [-0.2, -0.15) is 0 Å². The third-order valence-corrected chi connectivity index (χ3v) is 8.30. The number of aryl methyl sites for hydroxylation is 1. The molecule has 3 aromatic carbocycles. The van der Waals surface area contributed by atoms with E-state index in [0.717, 1.165) is 26.1 Å². The van der Waals surface area contributed by atoms with Crippen molar-refractivity contribution >= 4 is 68.4 Å². The van der Waals surface area contributed by atoms with E-state index in [9.17, 15) is 24.6 Å². The normalized spacial score (nSPS) is 17.1. The average molecular weight is 673 g/mol. The second kappa shape index (κ2) is 10.9. The van der Waals surface area contributed by atoms with Crippen molar-refractivity contribution in [2.75, 3.05) is 10.6 Å². The smallest absolute Gasteiger partial charge is 0.339 e. The third-order valence-electron chi connectivity index (χ3n) is 7.21. The number of carboxylic acid groups (broad SMARTS) is 1. The Labute approximate surface area is 253 Å². The number of fused-ring (bicyclic) bond motifs is 2. The van der Waals surface area contributed by atoms with Gasteiger partial charge in [0.1, 0.15) is 17.5 Å². The molecular formula is C31H24IN5O5. The van der Waals surface area contributed by atoms with Crippen molar-refractivity contribution in [3.8, 4) is 17.0 Å². The summed E-state index contributed by atoms with van der Waals surface area (Å²) in [5.41, 5.74) is 4.49. The van der Waals surface area contributed by atoms with E-state index in [2.05, 4.69) is 38.5 Å². The number of carbonyl (C=O) groups is 3. The van der Waals surface area contributed by atoms with Crippen LogP contribution in [-0.2, 0) is 16.6 Å². The monoisotopic (exact) mass is 673 g/mol. The minimum Gasteiger partial charge on any atom is -0.507 e. The number of hydrogen-bond donors (Lipinski definition) is 5. The van der Waals surface area contributed by atoms with Gasteiger partial charge in [0, 0.05) is 44.6 Å². The van der Waals surface area contributed by atoms with Gasteiger partial charge in [-0.15, -0.1) is 0 Å². The van der Waals surface area contributed by atoms with Gasteiger partial charge in [0.2, 0.25) is 0 Å². The number of phenols is 1. The molecule has 1 aromatic heterocycles. The van der Waals surface area contributed by atoms with Crippen LogP contribution in [0.5, 0.6) is 5.75 Å². The van der Waals surface area contributed by atoms with Crippen LogP contribution in [0.25, 0.3) is 22.2 Å². The summed E-state index contributed by atoms with van der Waals surface area (Å²) in [4.78, 5) is 42.2. The van der Waals surface area contributed by atoms with Gasteiger partial charge in [-0.05, 0) is 52.9 Å². The summed E-state index contributed by atoms with van der Waals surface area (Å²) in [6.45, 7) is 0. The van der Waals surface area contributed by atoms with Crippen molar-refractivity contribution < 1.29 is 24.6 Å². The standard InChI is InChI=1S/C31H24IN5O5/c1-37-24-15-25(38)20(31(41)42)14-19(24)26(32)27(37)16-7-6-8-17(13-16)33-29(39)30(40)36-21-10-3-2-9-18(21)28-34-22-11-4-5-12-23(22)35-28/h2-15,22,28,34,38H,1H3,(H,33,39)(H,36,40)(H,41,42). The maximum Gasteiger partial charge on any atom is 0.339 e. The van der Waals surface area contributed by atoms with Crippen molar-refractivity contribution in [2.45, 2.75) is 12.2 Å². The molecule has 2 aliphatic rings. The van der Waals surface area contributed by atoms with Crippen LogP contribution in [0.1, 0.15) is 22.1 Å². The highest BCUT2D eigenvalue weighted by molar-refractivity contribution is 14.1. The van der Waals surface area contributed by atoms with Crippen LogP contribution in [0.3, 0.4) is 0 Å². The van der Waals surface area contributed by atoms with Gasteiger partial charge in [-0.1, -0.05) is 48.6 Å². The second-order valence-corrected chi connectivity index (χ2v) is 10.9. The van der Waals surface area contributed by atoms with Gasteiger partial charge in [-0.3, -0.25) is 19.9 Å². The Morgan fingerprint density at radius 1 is 1.00 bits per heavy atom. The fourth-order valence-electron chi connectivity index (χ4n) is 5.19. The first-order valence-electron chi connectivity index (χ1n) is 13.0. The molecule has 1 aliphatic carbocycles. The molecule has 210 valence electrons. The van der Waals surface area contributed by atoms with Crippen molar-refractivity contribution in [1.29, 1.82) is 0 Å². The number of rotatable bonds is 5. The maximum absolute atomic E-state index is 13.0. The molecule has 0 fully saturated rings. The molecular weight excluding hydrogens is 649 g/mol. The lowest BCUT2D eigenvalue weighted by Gasteiger charge is -2.16. The molecule has 2 amide bonds. The number of allylic oxidation sites excluding steroid dienone is 2. The number of nitrogens with one attached hydrogen (secondary N) is 3. The summed E-state index contributed by atoms with van der Waals surface area (Å²) in [7, 11) is 1.81. The van der Waals surface area contributed by atoms with Crippen LogP contribution >= 0.6 is 22.6 Å². The lowest BCUT2D eigenvalue weighted by Crippen LogP contribution is -2.31. The number of aromatic hydroxyl groups is 1. The predicted octanol–water partition coefficient (Wildman–Crippen LogP) is 4.97. The molecule has 11 heteroatoms. The summed E-state index contributed by atoms with van der Waals surface area (Å²) < 4.78 is 2.62. The van der Waals surface area contributed by atoms with E-state index < -0.39 is 17.8 Å². The topological polar surface area (TPSA) is 145 Å². The number of aromatic nitrogens is 1. The lowest BCUT2D eigenvalue weighted by molar-refractivity contribution is -0.133. The number of aromatic carboxylic acids is 1. The Balaban J connectivity index is 1.22. The summed E-state index contributed by atoms with van der Waals surface area (Å²) in [5.74, 6) is -3.21. The van der Waals surface area contributed by atoms with E-state index in [1.807, 2.05) is 47.1 Å². The molecule has 10 nitrogen and oxygen atoms in total. The fourth-order valence-corrected chi connectivity index (χ4v) is 6.29. The largest absolute Gasteiger partial charge is 0.507 e.